The second-order valence-corrected chi connectivity index (χ2v) is 2.89. The van der Waals surface area contributed by atoms with Crippen LogP contribution in [0.2, 0.25) is 0 Å². The van der Waals surface area contributed by atoms with E-state index in [-0.39, 0.29) is 0 Å². The van der Waals surface area contributed by atoms with Crippen molar-refractivity contribution in [2.24, 2.45) is 0 Å². The minimum absolute atomic E-state index is 0.335. The zero-order valence-electron chi connectivity index (χ0n) is 5.63. The van der Waals surface area contributed by atoms with Gasteiger partial charge >= 0.3 is 0 Å². The monoisotopic (exact) mass is 211 g/mol. The summed E-state index contributed by atoms with van der Waals surface area (Å²) in [5.74, 6) is 0. The maximum absolute atomic E-state index is 8.53. The molecule has 11 heavy (non-hydrogen) atoms. The summed E-state index contributed by atoms with van der Waals surface area (Å²) in [5.41, 5.74) is 12.2. The number of benzene rings is 1. The second-order valence-electron chi connectivity index (χ2n) is 2.03. The van der Waals surface area contributed by atoms with Crippen LogP contribution in [0.15, 0.2) is 16.6 Å². The predicted octanol–water partition coefficient (Wildman–Crippen LogP) is 1.49. The molecule has 0 spiro atoms. The van der Waals surface area contributed by atoms with Crippen molar-refractivity contribution in [3.63, 3.8) is 0 Å². The number of nitrogen functional groups attached to an aromatic ring is 2. The summed E-state index contributed by atoms with van der Waals surface area (Å²) < 4.78 is 0.717. The van der Waals surface area contributed by atoms with Gasteiger partial charge in [0, 0.05) is 4.47 Å². The highest BCUT2D eigenvalue weighted by atomic mass is 79.9. The largest absolute Gasteiger partial charge is 0.396 e. The van der Waals surface area contributed by atoms with Crippen molar-refractivity contribution in [3.05, 3.63) is 22.2 Å². The molecule has 0 aliphatic carbocycles. The standard InChI is InChI=1S/C7H6BrN3/c8-5-2-1-4(3-9)6(10)7(5)11/h1-2H,10-11H2. The Labute approximate surface area is 72.7 Å². The van der Waals surface area contributed by atoms with Crippen molar-refractivity contribution < 1.29 is 0 Å². The van der Waals surface area contributed by atoms with Gasteiger partial charge in [0.15, 0.2) is 0 Å². The van der Waals surface area contributed by atoms with Crippen LogP contribution in [0.4, 0.5) is 11.4 Å². The molecule has 1 aromatic rings. The van der Waals surface area contributed by atoms with Gasteiger partial charge in [-0.1, -0.05) is 0 Å². The fourth-order valence-corrected chi connectivity index (χ4v) is 1.05. The van der Waals surface area contributed by atoms with E-state index in [0.29, 0.717) is 21.4 Å². The number of halogens is 1. The SMILES string of the molecule is N#Cc1ccc(Br)c(N)c1N. The quantitative estimate of drug-likeness (QED) is 0.639. The lowest BCUT2D eigenvalue weighted by Gasteiger charge is -2.02. The Bertz CT molecular complexity index is 327. The summed E-state index contributed by atoms with van der Waals surface area (Å²) in [6, 6.07) is 5.26. The maximum atomic E-state index is 8.53. The summed E-state index contributed by atoms with van der Waals surface area (Å²) in [7, 11) is 0. The fraction of sp³-hybridized carbons (Fsp3) is 0. The Hall–Kier alpha value is -1.21. The highest BCUT2D eigenvalue weighted by molar-refractivity contribution is 9.10. The van der Waals surface area contributed by atoms with E-state index in [0.717, 1.165) is 0 Å². The van der Waals surface area contributed by atoms with Crippen molar-refractivity contribution in [2.75, 3.05) is 11.5 Å². The first-order chi connectivity index (χ1) is 5.16. The van der Waals surface area contributed by atoms with Crippen molar-refractivity contribution in [2.45, 2.75) is 0 Å². The average molecular weight is 212 g/mol. The van der Waals surface area contributed by atoms with Crippen LogP contribution in [0.5, 0.6) is 0 Å². The number of hydrogen-bond acceptors (Lipinski definition) is 3. The third kappa shape index (κ3) is 1.28. The molecule has 3 nitrogen and oxygen atoms in total. The average Bonchev–Trinajstić information content (AvgIpc) is 2.01. The van der Waals surface area contributed by atoms with Crippen molar-refractivity contribution in [3.8, 4) is 6.07 Å². The number of rotatable bonds is 0. The molecule has 0 heterocycles. The molecule has 0 aromatic heterocycles. The molecule has 0 aliphatic rings. The van der Waals surface area contributed by atoms with Crippen LogP contribution in [0, 0.1) is 11.3 Å². The minimum Gasteiger partial charge on any atom is -0.396 e. The van der Waals surface area contributed by atoms with Gasteiger partial charge in [-0.25, -0.2) is 0 Å². The van der Waals surface area contributed by atoms with E-state index in [4.69, 9.17) is 16.7 Å². The molecule has 0 unspecified atom stereocenters. The van der Waals surface area contributed by atoms with Crippen LogP contribution < -0.4 is 11.5 Å². The Morgan fingerprint density at radius 2 is 1.91 bits per heavy atom. The zero-order chi connectivity index (χ0) is 8.43. The van der Waals surface area contributed by atoms with Crippen LogP contribution in [-0.2, 0) is 0 Å². The van der Waals surface area contributed by atoms with Gasteiger partial charge in [0.25, 0.3) is 0 Å². The Kier molecular flexibility index (Phi) is 2.01. The molecule has 0 bridgehead atoms. The van der Waals surface area contributed by atoms with Gasteiger partial charge in [-0.2, -0.15) is 5.26 Å². The Morgan fingerprint density at radius 1 is 1.27 bits per heavy atom. The highest BCUT2D eigenvalue weighted by Crippen LogP contribution is 2.27. The van der Waals surface area contributed by atoms with Crippen LogP contribution in [0.3, 0.4) is 0 Å². The van der Waals surface area contributed by atoms with Crippen molar-refractivity contribution in [1.82, 2.24) is 0 Å². The molecule has 4 heteroatoms. The van der Waals surface area contributed by atoms with Gasteiger partial charge < -0.3 is 11.5 Å². The topological polar surface area (TPSA) is 75.8 Å². The van der Waals surface area contributed by atoms with E-state index < -0.39 is 0 Å². The Morgan fingerprint density at radius 3 is 2.45 bits per heavy atom. The minimum atomic E-state index is 0.335. The van der Waals surface area contributed by atoms with Gasteiger partial charge in [0.05, 0.1) is 16.9 Å². The molecule has 0 atom stereocenters. The molecule has 1 rings (SSSR count). The van der Waals surface area contributed by atoms with E-state index in [1.807, 2.05) is 6.07 Å². The van der Waals surface area contributed by atoms with Crippen LogP contribution >= 0.6 is 15.9 Å². The summed E-state index contributed by atoms with van der Waals surface area (Å²) in [6.07, 6.45) is 0. The first kappa shape index (κ1) is 7.89. The number of nitrogens with two attached hydrogens (primary N) is 2. The second kappa shape index (κ2) is 2.81. The molecule has 56 valence electrons. The van der Waals surface area contributed by atoms with Gasteiger partial charge in [-0.3, -0.25) is 0 Å². The number of nitriles is 1. The zero-order valence-corrected chi connectivity index (χ0v) is 7.22. The van der Waals surface area contributed by atoms with Crippen LogP contribution in [0.1, 0.15) is 5.56 Å². The summed E-state index contributed by atoms with van der Waals surface area (Å²) in [5, 5.41) is 8.53. The molecule has 1 aromatic carbocycles. The molecular formula is C7H6BrN3. The van der Waals surface area contributed by atoms with E-state index in [1.54, 1.807) is 12.1 Å². The lowest BCUT2D eigenvalue weighted by molar-refractivity contribution is 1.48. The number of anilines is 2. The lowest BCUT2D eigenvalue weighted by Crippen LogP contribution is -1.98. The highest BCUT2D eigenvalue weighted by Gasteiger charge is 2.04. The number of nitrogens with zero attached hydrogens (tertiary/aromatic N) is 1. The van der Waals surface area contributed by atoms with Crippen molar-refractivity contribution in [1.29, 1.82) is 5.26 Å². The van der Waals surface area contributed by atoms with Crippen molar-refractivity contribution >= 4 is 27.3 Å². The smallest absolute Gasteiger partial charge is 0.101 e. The van der Waals surface area contributed by atoms with Crippen LogP contribution in [-0.4, -0.2) is 0 Å². The molecule has 0 amide bonds. The van der Waals surface area contributed by atoms with Crippen LogP contribution in [0.25, 0.3) is 0 Å². The van der Waals surface area contributed by atoms with E-state index in [9.17, 15) is 0 Å². The molecule has 0 saturated heterocycles. The van der Waals surface area contributed by atoms with Gasteiger partial charge in [-0.15, -0.1) is 0 Å². The fourth-order valence-electron chi connectivity index (χ4n) is 0.707. The van der Waals surface area contributed by atoms with Gasteiger partial charge in [-0.05, 0) is 28.1 Å². The van der Waals surface area contributed by atoms with E-state index in [1.165, 1.54) is 0 Å². The first-order valence-corrected chi connectivity index (χ1v) is 3.69. The van der Waals surface area contributed by atoms with E-state index in [2.05, 4.69) is 15.9 Å². The summed E-state index contributed by atoms with van der Waals surface area (Å²) in [4.78, 5) is 0. The first-order valence-electron chi connectivity index (χ1n) is 2.90. The normalized spacial score (nSPS) is 9.09. The molecule has 0 aliphatic heterocycles. The van der Waals surface area contributed by atoms with Gasteiger partial charge in [0.1, 0.15) is 6.07 Å². The maximum Gasteiger partial charge on any atom is 0.101 e. The molecular weight excluding hydrogens is 206 g/mol. The molecule has 0 fully saturated rings. The molecule has 4 N–H and O–H groups in total. The predicted molar refractivity (Wildman–Crippen MR) is 47.7 cm³/mol. The molecule has 0 radical (unpaired) electrons. The number of hydrogen-bond donors (Lipinski definition) is 2. The van der Waals surface area contributed by atoms with E-state index >= 15 is 0 Å². The molecule has 0 saturated carbocycles. The van der Waals surface area contributed by atoms with Gasteiger partial charge in [0.2, 0.25) is 0 Å². The summed E-state index contributed by atoms with van der Waals surface area (Å²) >= 11 is 3.19. The third-order valence-electron chi connectivity index (χ3n) is 1.35. The summed E-state index contributed by atoms with van der Waals surface area (Å²) in [6.45, 7) is 0. The Balaban J connectivity index is 3.40. The lowest BCUT2D eigenvalue weighted by atomic mass is 10.2. The third-order valence-corrected chi connectivity index (χ3v) is 2.05.